The molecule has 6 rings (SSSR count). The average Bonchev–Trinajstić information content (AvgIpc) is 3.54. The van der Waals surface area contributed by atoms with Gasteiger partial charge >= 0.3 is 5.91 Å². The molecule has 1 amide bonds. The third kappa shape index (κ3) is 4.89. The number of aryl methyl sites for hydroxylation is 1. The summed E-state index contributed by atoms with van der Waals surface area (Å²) in [6, 6.07) is 18.2. The van der Waals surface area contributed by atoms with E-state index in [4.69, 9.17) is 9.47 Å². The van der Waals surface area contributed by atoms with Crippen molar-refractivity contribution in [2.75, 3.05) is 18.1 Å². The Bertz CT molecular complexity index is 1650. The summed E-state index contributed by atoms with van der Waals surface area (Å²) in [7, 11) is 0. The first-order valence-electron chi connectivity index (χ1n) is 12.4. The molecule has 0 aliphatic carbocycles. The molecule has 1 aromatic heterocycles. The molecule has 0 radical (unpaired) electrons. The Labute approximate surface area is 237 Å². The number of carbonyl (C=O) groups is 2. The third-order valence-corrected chi connectivity index (χ3v) is 8.66. The van der Waals surface area contributed by atoms with Gasteiger partial charge in [0.05, 0.1) is 11.6 Å². The van der Waals surface area contributed by atoms with Crippen LogP contribution in [-0.4, -0.2) is 45.3 Å². The number of hydrogen-bond donors (Lipinski definition) is 2. The van der Waals surface area contributed by atoms with Crippen molar-refractivity contribution >= 4 is 45.7 Å². The van der Waals surface area contributed by atoms with Crippen molar-refractivity contribution in [1.29, 1.82) is 0 Å². The number of aromatic hydroxyl groups is 1. The average molecular weight is 574 g/mol. The number of aliphatic hydroxyl groups excluding tert-OH is 1. The molecule has 3 aromatic carbocycles. The second-order valence-corrected chi connectivity index (χ2v) is 11.4. The molecule has 3 heterocycles. The molecule has 0 saturated carbocycles. The molecule has 0 bridgehead atoms. The van der Waals surface area contributed by atoms with Gasteiger partial charge in [0.25, 0.3) is 5.78 Å². The Balaban J connectivity index is 1.38. The van der Waals surface area contributed by atoms with Crippen LogP contribution in [0.15, 0.2) is 76.6 Å². The van der Waals surface area contributed by atoms with Gasteiger partial charge in [0.1, 0.15) is 24.7 Å². The molecule has 1 fully saturated rings. The lowest BCUT2D eigenvalue weighted by Crippen LogP contribution is -2.29. The highest BCUT2D eigenvalue weighted by molar-refractivity contribution is 8.00. The highest BCUT2D eigenvalue weighted by Gasteiger charge is 2.48. The largest absolute Gasteiger partial charge is 0.508 e. The number of aliphatic hydroxyl groups is 1. The van der Waals surface area contributed by atoms with E-state index in [0.29, 0.717) is 45.9 Å². The fraction of sp³-hybridized carbons (Fsp3) is 0.172. The van der Waals surface area contributed by atoms with Gasteiger partial charge in [-0.2, -0.15) is 0 Å². The lowest BCUT2D eigenvalue weighted by Gasteiger charge is -2.23. The van der Waals surface area contributed by atoms with Crippen molar-refractivity contribution in [1.82, 2.24) is 10.2 Å². The van der Waals surface area contributed by atoms with Gasteiger partial charge in [-0.05, 0) is 48.4 Å². The standard InChI is InChI=1S/C29H23N3O6S2/c1-16-5-7-17(8-6-16)15-39-29-31-30-28(40-29)32-24(18-3-2-4-20(33)13-18)23(26(35)27(32)36)25(34)19-9-10-21-22(14-19)38-12-11-37-21/h2-10,13-14,24,33-34H,11-12,15H2,1H3/b25-23+. The van der Waals surface area contributed by atoms with Crippen molar-refractivity contribution in [2.45, 2.75) is 23.1 Å². The van der Waals surface area contributed by atoms with Crippen molar-refractivity contribution in [3.63, 3.8) is 0 Å². The predicted molar refractivity (Wildman–Crippen MR) is 151 cm³/mol. The van der Waals surface area contributed by atoms with E-state index in [2.05, 4.69) is 10.2 Å². The Kier molecular flexibility index (Phi) is 6.91. The van der Waals surface area contributed by atoms with E-state index in [1.807, 2.05) is 31.2 Å². The summed E-state index contributed by atoms with van der Waals surface area (Å²) < 4.78 is 11.8. The maximum atomic E-state index is 13.4. The molecule has 40 heavy (non-hydrogen) atoms. The summed E-state index contributed by atoms with van der Waals surface area (Å²) in [5.74, 6) is -0.523. The van der Waals surface area contributed by atoms with Crippen molar-refractivity contribution in [3.8, 4) is 17.2 Å². The topological polar surface area (TPSA) is 122 Å². The van der Waals surface area contributed by atoms with Gasteiger partial charge in [0.2, 0.25) is 5.13 Å². The maximum absolute atomic E-state index is 13.4. The van der Waals surface area contributed by atoms with Crippen LogP contribution >= 0.6 is 23.1 Å². The minimum Gasteiger partial charge on any atom is -0.508 e. The quantitative estimate of drug-likeness (QED) is 0.105. The van der Waals surface area contributed by atoms with Crippen LogP contribution in [0.5, 0.6) is 17.2 Å². The molecule has 1 atom stereocenters. The number of phenols is 1. The van der Waals surface area contributed by atoms with Crippen molar-refractivity contribution in [2.24, 2.45) is 0 Å². The van der Waals surface area contributed by atoms with Gasteiger partial charge in [-0.3, -0.25) is 14.5 Å². The summed E-state index contributed by atoms with van der Waals surface area (Å²) in [4.78, 5) is 28.1. The van der Waals surface area contributed by atoms with Crippen LogP contribution in [0.4, 0.5) is 5.13 Å². The number of Topliss-reactive ketones (excluding diaryl/α,β-unsaturated/α-hetero) is 1. The van der Waals surface area contributed by atoms with Gasteiger partial charge in [-0.15, -0.1) is 10.2 Å². The number of anilines is 1. The number of phenolic OH excluding ortho intramolecular Hbond substituents is 1. The van der Waals surface area contributed by atoms with Gasteiger partial charge in [-0.25, -0.2) is 0 Å². The molecule has 1 unspecified atom stereocenters. The Morgan fingerprint density at radius 2 is 1.80 bits per heavy atom. The summed E-state index contributed by atoms with van der Waals surface area (Å²) in [5, 5.41) is 30.3. The van der Waals surface area contributed by atoms with E-state index in [9.17, 15) is 19.8 Å². The van der Waals surface area contributed by atoms with Crippen LogP contribution in [-0.2, 0) is 15.3 Å². The molecule has 0 spiro atoms. The molecule has 11 heteroatoms. The lowest BCUT2D eigenvalue weighted by atomic mass is 9.95. The van der Waals surface area contributed by atoms with E-state index in [0.717, 1.165) is 5.56 Å². The van der Waals surface area contributed by atoms with E-state index < -0.39 is 17.7 Å². The summed E-state index contributed by atoms with van der Waals surface area (Å²) in [6.45, 7) is 2.79. The monoisotopic (exact) mass is 573 g/mol. The number of benzene rings is 3. The van der Waals surface area contributed by atoms with Gasteiger partial charge in [-0.1, -0.05) is 65.1 Å². The van der Waals surface area contributed by atoms with Crippen LogP contribution in [0.1, 0.15) is 28.3 Å². The highest BCUT2D eigenvalue weighted by Crippen LogP contribution is 2.45. The fourth-order valence-corrected chi connectivity index (χ4v) is 6.40. The first kappa shape index (κ1) is 25.9. The molecule has 1 saturated heterocycles. The van der Waals surface area contributed by atoms with E-state index in [1.165, 1.54) is 45.7 Å². The lowest BCUT2D eigenvalue weighted by molar-refractivity contribution is -0.132. The minimum atomic E-state index is -1.04. The van der Waals surface area contributed by atoms with Crippen LogP contribution in [0.3, 0.4) is 0 Å². The van der Waals surface area contributed by atoms with Crippen LogP contribution in [0, 0.1) is 6.92 Å². The second kappa shape index (κ2) is 10.7. The number of aromatic nitrogens is 2. The number of rotatable bonds is 6. The van der Waals surface area contributed by atoms with Crippen LogP contribution in [0.25, 0.3) is 5.76 Å². The third-order valence-electron chi connectivity index (χ3n) is 6.53. The highest BCUT2D eigenvalue weighted by atomic mass is 32.2. The van der Waals surface area contributed by atoms with E-state index in [-0.39, 0.29) is 22.2 Å². The number of thioether (sulfide) groups is 1. The van der Waals surface area contributed by atoms with Crippen molar-refractivity contribution in [3.05, 3.63) is 94.6 Å². The first-order valence-corrected chi connectivity index (χ1v) is 14.2. The molecule has 4 aromatic rings. The van der Waals surface area contributed by atoms with E-state index in [1.54, 1.807) is 30.3 Å². The number of nitrogens with zero attached hydrogens (tertiary/aromatic N) is 3. The Hall–Kier alpha value is -4.35. The normalized spacial score (nSPS) is 17.8. The number of carbonyl (C=O) groups excluding carboxylic acids is 2. The summed E-state index contributed by atoms with van der Waals surface area (Å²) >= 11 is 2.65. The maximum Gasteiger partial charge on any atom is 0.301 e. The number of amides is 1. The predicted octanol–water partition coefficient (Wildman–Crippen LogP) is 5.24. The molecule has 2 N–H and O–H groups in total. The molecule has 9 nitrogen and oxygen atoms in total. The molecule has 202 valence electrons. The summed E-state index contributed by atoms with van der Waals surface area (Å²) in [5.41, 5.74) is 2.88. The van der Waals surface area contributed by atoms with E-state index >= 15 is 0 Å². The zero-order chi connectivity index (χ0) is 27.8. The second-order valence-electron chi connectivity index (χ2n) is 9.25. The number of ether oxygens (including phenoxy) is 2. The molecular formula is C29H23N3O6S2. The molecule has 2 aliphatic heterocycles. The SMILES string of the molecule is Cc1ccc(CSc2nnc(N3C(=O)C(=O)/C(=C(/O)c4ccc5c(c4)OCCO5)C3c3cccc(O)c3)s2)cc1. The van der Waals surface area contributed by atoms with Crippen molar-refractivity contribution < 1.29 is 29.3 Å². The Morgan fingerprint density at radius 1 is 1.02 bits per heavy atom. The Morgan fingerprint density at radius 3 is 2.58 bits per heavy atom. The van der Waals surface area contributed by atoms with Gasteiger partial charge in [0, 0.05) is 11.3 Å². The number of ketones is 1. The first-order chi connectivity index (χ1) is 19.4. The minimum absolute atomic E-state index is 0.0472. The molecular weight excluding hydrogens is 550 g/mol. The van der Waals surface area contributed by atoms with Gasteiger partial charge in [0.15, 0.2) is 15.8 Å². The number of fused-ring (bicyclic) bond motifs is 1. The zero-order valence-corrected chi connectivity index (χ0v) is 22.9. The number of hydrogen-bond acceptors (Lipinski definition) is 10. The fourth-order valence-electron chi connectivity index (χ4n) is 4.57. The van der Waals surface area contributed by atoms with Gasteiger partial charge < -0.3 is 19.7 Å². The smallest absolute Gasteiger partial charge is 0.301 e. The summed E-state index contributed by atoms with van der Waals surface area (Å²) in [6.07, 6.45) is 0. The zero-order valence-electron chi connectivity index (χ0n) is 21.2. The van der Waals surface area contributed by atoms with Crippen LogP contribution in [0.2, 0.25) is 0 Å². The molecule has 2 aliphatic rings. The van der Waals surface area contributed by atoms with Crippen LogP contribution < -0.4 is 14.4 Å².